The van der Waals surface area contributed by atoms with Crippen LogP contribution in [0.15, 0.2) is 119 Å². The van der Waals surface area contributed by atoms with Crippen molar-refractivity contribution in [1.82, 2.24) is 15.0 Å². The Morgan fingerprint density at radius 1 is 0.658 bits per heavy atom. The van der Waals surface area contributed by atoms with Crippen molar-refractivity contribution in [2.45, 2.75) is 6.92 Å². The van der Waals surface area contributed by atoms with E-state index in [2.05, 4.69) is 51.3 Å². The SMILES string of the molecule is Cc1cc(=O)oc2cc(N(C)c3ccc(-c4cc(-c5ccccn5)nc(-c5ccccn5)c4)cc3)ccc12. The van der Waals surface area contributed by atoms with Gasteiger partial charge in [0.25, 0.3) is 0 Å². The summed E-state index contributed by atoms with van der Waals surface area (Å²) < 4.78 is 5.44. The normalized spacial score (nSPS) is 11.0. The van der Waals surface area contributed by atoms with Crippen LogP contribution in [-0.2, 0) is 0 Å². The number of rotatable bonds is 5. The van der Waals surface area contributed by atoms with Crippen LogP contribution >= 0.6 is 0 Å². The molecule has 0 bridgehead atoms. The van der Waals surface area contributed by atoms with Crippen molar-refractivity contribution in [1.29, 1.82) is 0 Å². The lowest BCUT2D eigenvalue weighted by Crippen LogP contribution is -2.09. The Morgan fingerprint density at radius 2 is 1.29 bits per heavy atom. The number of hydrogen-bond acceptors (Lipinski definition) is 6. The van der Waals surface area contributed by atoms with Crippen molar-refractivity contribution < 1.29 is 4.42 Å². The third-order valence-electron chi connectivity index (χ3n) is 6.59. The molecule has 0 fully saturated rings. The lowest BCUT2D eigenvalue weighted by Gasteiger charge is -2.20. The fraction of sp³-hybridized carbons (Fsp3) is 0.0625. The van der Waals surface area contributed by atoms with Crippen LogP contribution in [0.2, 0.25) is 0 Å². The summed E-state index contributed by atoms with van der Waals surface area (Å²) in [5.41, 5.74) is 8.35. The predicted octanol–water partition coefficient (Wildman–Crippen LogP) is 7.06. The highest BCUT2D eigenvalue weighted by molar-refractivity contribution is 5.85. The fourth-order valence-corrected chi connectivity index (χ4v) is 4.54. The molecule has 4 aromatic heterocycles. The second kappa shape index (κ2) is 9.75. The fourth-order valence-electron chi connectivity index (χ4n) is 4.54. The Kier molecular flexibility index (Phi) is 5.98. The molecule has 4 heterocycles. The van der Waals surface area contributed by atoms with E-state index >= 15 is 0 Å². The van der Waals surface area contributed by atoms with Gasteiger partial charge in [0.15, 0.2) is 0 Å². The largest absolute Gasteiger partial charge is 0.423 e. The third kappa shape index (κ3) is 4.55. The van der Waals surface area contributed by atoms with E-state index in [4.69, 9.17) is 9.40 Å². The predicted molar refractivity (Wildman–Crippen MR) is 151 cm³/mol. The number of aryl methyl sites for hydroxylation is 1. The van der Waals surface area contributed by atoms with Crippen LogP contribution in [0.1, 0.15) is 5.56 Å². The van der Waals surface area contributed by atoms with Crippen molar-refractivity contribution in [3.8, 4) is 33.9 Å². The topological polar surface area (TPSA) is 72.1 Å². The van der Waals surface area contributed by atoms with Gasteiger partial charge in [-0.15, -0.1) is 0 Å². The van der Waals surface area contributed by atoms with E-state index in [9.17, 15) is 4.79 Å². The van der Waals surface area contributed by atoms with Crippen molar-refractivity contribution >= 4 is 22.3 Å². The van der Waals surface area contributed by atoms with Gasteiger partial charge >= 0.3 is 5.63 Å². The number of benzene rings is 2. The summed E-state index contributed by atoms with van der Waals surface area (Å²) >= 11 is 0. The summed E-state index contributed by atoms with van der Waals surface area (Å²) in [5, 5.41) is 0.933. The van der Waals surface area contributed by atoms with Gasteiger partial charge in [-0.05, 0) is 84.3 Å². The zero-order valence-electron chi connectivity index (χ0n) is 21.0. The molecule has 6 rings (SSSR count). The number of fused-ring (bicyclic) bond motifs is 1. The summed E-state index contributed by atoms with van der Waals surface area (Å²) in [6, 6.07) is 31.5. The molecule has 2 aromatic carbocycles. The average molecular weight is 497 g/mol. The summed E-state index contributed by atoms with van der Waals surface area (Å²) in [4.78, 5) is 27.8. The molecular formula is C32H24N4O2. The first kappa shape index (κ1) is 23.3. The van der Waals surface area contributed by atoms with Crippen molar-refractivity contribution in [3.05, 3.63) is 125 Å². The van der Waals surface area contributed by atoms with E-state index in [0.717, 1.165) is 56.2 Å². The van der Waals surface area contributed by atoms with Crippen LogP contribution in [0.3, 0.4) is 0 Å². The van der Waals surface area contributed by atoms with Gasteiger partial charge in [-0.25, -0.2) is 9.78 Å². The summed E-state index contributed by atoms with van der Waals surface area (Å²) in [6.07, 6.45) is 3.54. The van der Waals surface area contributed by atoms with E-state index in [1.54, 1.807) is 12.4 Å². The molecule has 0 radical (unpaired) electrons. The molecule has 0 spiro atoms. The van der Waals surface area contributed by atoms with Crippen molar-refractivity contribution in [2.24, 2.45) is 0 Å². The summed E-state index contributed by atoms with van der Waals surface area (Å²) in [5.74, 6) is 0. The van der Waals surface area contributed by atoms with Crippen molar-refractivity contribution in [2.75, 3.05) is 11.9 Å². The number of hydrogen-bond donors (Lipinski definition) is 0. The number of aromatic nitrogens is 3. The Hall–Kier alpha value is -5.10. The maximum atomic E-state index is 11.9. The maximum absolute atomic E-state index is 11.9. The van der Waals surface area contributed by atoms with E-state index in [1.807, 2.05) is 68.6 Å². The van der Waals surface area contributed by atoms with Crippen LogP contribution in [0.4, 0.5) is 11.4 Å². The highest BCUT2D eigenvalue weighted by atomic mass is 16.4. The molecule has 0 aliphatic rings. The first-order chi connectivity index (χ1) is 18.5. The molecule has 6 aromatic rings. The first-order valence-electron chi connectivity index (χ1n) is 12.3. The molecule has 0 unspecified atom stereocenters. The zero-order chi connectivity index (χ0) is 26.1. The highest BCUT2D eigenvalue weighted by Gasteiger charge is 2.12. The summed E-state index contributed by atoms with van der Waals surface area (Å²) in [7, 11) is 1.99. The van der Waals surface area contributed by atoms with Gasteiger partial charge in [0, 0.05) is 48.3 Å². The molecule has 0 aliphatic heterocycles. The highest BCUT2D eigenvalue weighted by Crippen LogP contribution is 2.32. The van der Waals surface area contributed by atoms with Crippen LogP contribution in [-0.4, -0.2) is 22.0 Å². The molecule has 0 saturated heterocycles. The second-order valence-corrected chi connectivity index (χ2v) is 9.09. The van der Waals surface area contributed by atoms with Gasteiger partial charge in [0.05, 0.1) is 22.8 Å². The number of nitrogens with zero attached hydrogens (tertiary/aromatic N) is 4. The van der Waals surface area contributed by atoms with E-state index in [0.29, 0.717) is 5.58 Å². The lowest BCUT2D eigenvalue weighted by atomic mass is 10.0. The average Bonchev–Trinajstić information content (AvgIpc) is 2.97. The molecule has 0 atom stereocenters. The Morgan fingerprint density at radius 3 is 1.89 bits per heavy atom. The van der Waals surface area contributed by atoms with Crippen LogP contribution in [0, 0.1) is 6.92 Å². The zero-order valence-corrected chi connectivity index (χ0v) is 21.0. The van der Waals surface area contributed by atoms with E-state index in [-0.39, 0.29) is 5.63 Å². The molecule has 38 heavy (non-hydrogen) atoms. The standard InChI is InChI=1S/C32H24N4O2/c1-21-17-32(37)38-31-20-25(13-14-26(21)31)36(2)24-11-9-22(10-12-24)23-18-29(27-7-3-5-15-33-27)35-30(19-23)28-8-4-6-16-34-28/h3-20H,1-2H3. The smallest absolute Gasteiger partial charge is 0.336 e. The Bertz CT molecular complexity index is 1740. The van der Waals surface area contributed by atoms with E-state index in [1.165, 1.54) is 6.07 Å². The third-order valence-corrected chi connectivity index (χ3v) is 6.59. The van der Waals surface area contributed by atoms with Gasteiger partial charge in [0.2, 0.25) is 0 Å². The van der Waals surface area contributed by atoms with Gasteiger partial charge in [-0.2, -0.15) is 0 Å². The number of pyridine rings is 3. The maximum Gasteiger partial charge on any atom is 0.336 e. The van der Waals surface area contributed by atoms with Gasteiger partial charge in [-0.1, -0.05) is 24.3 Å². The minimum atomic E-state index is -0.341. The van der Waals surface area contributed by atoms with Crippen molar-refractivity contribution in [3.63, 3.8) is 0 Å². The minimum absolute atomic E-state index is 0.341. The molecule has 6 heteroatoms. The molecule has 0 N–H and O–H groups in total. The Labute approximate surface area is 219 Å². The molecule has 184 valence electrons. The van der Waals surface area contributed by atoms with Gasteiger partial charge < -0.3 is 9.32 Å². The molecule has 0 aliphatic carbocycles. The van der Waals surface area contributed by atoms with Crippen LogP contribution in [0.5, 0.6) is 0 Å². The first-order valence-corrected chi connectivity index (χ1v) is 12.3. The molecular weight excluding hydrogens is 472 g/mol. The minimum Gasteiger partial charge on any atom is -0.423 e. The van der Waals surface area contributed by atoms with Crippen LogP contribution in [0.25, 0.3) is 44.9 Å². The second-order valence-electron chi connectivity index (χ2n) is 9.09. The monoisotopic (exact) mass is 496 g/mol. The van der Waals surface area contributed by atoms with Gasteiger partial charge in [0.1, 0.15) is 5.58 Å². The lowest BCUT2D eigenvalue weighted by molar-refractivity contribution is 0.560. The molecule has 0 amide bonds. The summed E-state index contributed by atoms with van der Waals surface area (Å²) in [6.45, 7) is 1.92. The number of anilines is 2. The van der Waals surface area contributed by atoms with Crippen LogP contribution < -0.4 is 10.5 Å². The van der Waals surface area contributed by atoms with E-state index < -0.39 is 0 Å². The quantitative estimate of drug-likeness (QED) is 0.238. The molecule has 6 nitrogen and oxygen atoms in total. The van der Waals surface area contributed by atoms with Gasteiger partial charge in [-0.3, -0.25) is 9.97 Å². The Balaban J connectivity index is 1.37. The molecule has 0 saturated carbocycles.